The molecular weight excluding hydrogens is 482 g/mol. The predicted octanol–water partition coefficient (Wildman–Crippen LogP) is 2.94. The van der Waals surface area contributed by atoms with Gasteiger partial charge in [0.05, 0.1) is 11.7 Å². The Morgan fingerprint density at radius 2 is 1.86 bits per heavy atom. The van der Waals surface area contributed by atoms with Gasteiger partial charge in [0.1, 0.15) is 15.9 Å². The Balaban J connectivity index is 1.44. The molecule has 152 valence electrons. The number of benzene rings is 2. The summed E-state index contributed by atoms with van der Waals surface area (Å²) in [5, 5.41) is 0. The van der Waals surface area contributed by atoms with Crippen LogP contribution in [0.5, 0.6) is 0 Å². The molecule has 0 unspecified atom stereocenters. The monoisotopic (exact) mass is 497 g/mol. The molecule has 8 nitrogen and oxygen atoms in total. The van der Waals surface area contributed by atoms with Crippen molar-refractivity contribution in [2.75, 3.05) is 13.2 Å². The van der Waals surface area contributed by atoms with Crippen molar-refractivity contribution in [2.45, 2.75) is 17.7 Å². The van der Waals surface area contributed by atoms with Crippen molar-refractivity contribution >= 4 is 60.5 Å². The summed E-state index contributed by atoms with van der Waals surface area (Å²) in [7, 11) is -3.78. The molecular formula is C18H16BrN3O5S2. The lowest BCUT2D eigenvalue weighted by Crippen LogP contribution is -2.25. The van der Waals surface area contributed by atoms with Crippen molar-refractivity contribution in [1.29, 1.82) is 0 Å². The summed E-state index contributed by atoms with van der Waals surface area (Å²) < 4.78 is 41.2. The Hall–Kier alpha value is -2.21. The van der Waals surface area contributed by atoms with E-state index in [-0.39, 0.29) is 36.7 Å². The van der Waals surface area contributed by atoms with Gasteiger partial charge in [-0.05, 0) is 30.7 Å². The highest BCUT2D eigenvalue weighted by atomic mass is 79.9. The maximum absolute atomic E-state index is 12.4. The third kappa shape index (κ3) is 5.66. The van der Waals surface area contributed by atoms with E-state index in [0.29, 0.717) is 16.6 Å². The van der Waals surface area contributed by atoms with Crippen LogP contribution in [0.1, 0.15) is 23.2 Å². The van der Waals surface area contributed by atoms with E-state index in [1.807, 2.05) is 0 Å². The topological polar surface area (TPSA) is 115 Å². The van der Waals surface area contributed by atoms with Crippen LogP contribution < -0.4 is 4.72 Å². The molecule has 1 heterocycles. The average Bonchev–Trinajstić information content (AvgIpc) is 3.18. The van der Waals surface area contributed by atoms with E-state index in [0.717, 1.165) is 16.2 Å². The van der Waals surface area contributed by atoms with E-state index in [1.54, 1.807) is 36.4 Å². The van der Waals surface area contributed by atoms with Crippen LogP contribution in [0.3, 0.4) is 0 Å². The van der Waals surface area contributed by atoms with Gasteiger partial charge in [-0.2, -0.15) is 8.75 Å². The van der Waals surface area contributed by atoms with Crippen LogP contribution in [-0.2, 0) is 19.6 Å². The van der Waals surface area contributed by atoms with Crippen molar-refractivity contribution in [2.24, 2.45) is 0 Å². The number of carbonyl (C=O) groups is 2. The van der Waals surface area contributed by atoms with E-state index in [2.05, 4.69) is 29.4 Å². The Labute approximate surface area is 179 Å². The summed E-state index contributed by atoms with van der Waals surface area (Å²) in [5.41, 5.74) is 1.27. The minimum Gasteiger partial charge on any atom is -0.457 e. The zero-order valence-corrected chi connectivity index (χ0v) is 18.2. The highest BCUT2D eigenvalue weighted by Gasteiger charge is 2.19. The van der Waals surface area contributed by atoms with Crippen molar-refractivity contribution < 1.29 is 22.7 Å². The largest absolute Gasteiger partial charge is 0.457 e. The number of Topliss-reactive ketones (excluding diaryl/α,β-unsaturated/α-hetero) is 1. The maximum Gasteiger partial charge on any atom is 0.306 e. The van der Waals surface area contributed by atoms with E-state index in [1.165, 1.54) is 6.07 Å². The molecule has 0 bridgehead atoms. The molecule has 0 amide bonds. The van der Waals surface area contributed by atoms with E-state index in [9.17, 15) is 18.0 Å². The van der Waals surface area contributed by atoms with Crippen molar-refractivity contribution in [3.05, 3.63) is 52.5 Å². The number of nitrogens with zero attached hydrogens (tertiary/aromatic N) is 2. The number of esters is 1. The fraction of sp³-hybridized carbons (Fsp3) is 0.222. The number of ketones is 1. The molecule has 0 saturated carbocycles. The van der Waals surface area contributed by atoms with Gasteiger partial charge < -0.3 is 4.74 Å². The normalized spacial score (nSPS) is 11.5. The van der Waals surface area contributed by atoms with Crippen LogP contribution >= 0.6 is 27.7 Å². The molecule has 0 aliphatic heterocycles. The summed E-state index contributed by atoms with van der Waals surface area (Å²) in [6.45, 7) is -0.308. The summed E-state index contributed by atoms with van der Waals surface area (Å²) in [6.07, 6.45) is 0.217. The molecule has 3 aromatic rings. The average molecular weight is 498 g/mol. The van der Waals surface area contributed by atoms with Gasteiger partial charge in [-0.1, -0.05) is 34.1 Å². The standard InChI is InChI=1S/C18H16BrN3O5S2/c19-13-8-6-12(7-9-13)15(23)11-27-17(24)5-2-10-20-29(25,26)16-4-1-3-14-18(16)22-28-21-14/h1,3-4,6-9,20H,2,5,10-11H2. The minimum atomic E-state index is -3.78. The number of halogens is 1. The number of nitrogens with one attached hydrogen (secondary N) is 1. The first kappa shape index (κ1) is 21.5. The van der Waals surface area contributed by atoms with E-state index < -0.39 is 16.0 Å². The third-order valence-corrected chi connectivity index (χ3v) is 6.48. The summed E-state index contributed by atoms with van der Waals surface area (Å²) >= 11 is 4.22. The Morgan fingerprint density at radius 1 is 1.10 bits per heavy atom. The summed E-state index contributed by atoms with van der Waals surface area (Å²) in [4.78, 5) is 23.8. The first-order valence-electron chi connectivity index (χ1n) is 8.52. The molecule has 0 fully saturated rings. The molecule has 0 aliphatic carbocycles. The quantitative estimate of drug-likeness (QED) is 0.274. The lowest BCUT2D eigenvalue weighted by molar-refractivity contribution is -0.142. The number of fused-ring (bicyclic) bond motifs is 1. The first-order valence-corrected chi connectivity index (χ1v) is 11.5. The number of aromatic nitrogens is 2. The van der Waals surface area contributed by atoms with Gasteiger partial charge in [0.2, 0.25) is 10.0 Å². The maximum atomic E-state index is 12.4. The molecule has 1 aromatic heterocycles. The van der Waals surface area contributed by atoms with Crippen LogP contribution in [0.25, 0.3) is 11.0 Å². The molecule has 2 aromatic carbocycles. The number of sulfonamides is 1. The molecule has 0 aliphatic rings. The van der Waals surface area contributed by atoms with E-state index >= 15 is 0 Å². The Morgan fingerprint density at radius 3 is 2.62 bits per heavy atom. The number of rotatable bonds is 9. The fourth-order valence-corrected chi connectivity index (χ4v) is 4.56. The number of hydrogen-bond donors (Lipinski definition) is 1. The highest BCUT2D eigenvalue weighted by Crippen LogP contribution is 2.20. The minimum absolute atomic E-state index is 0.0153. The van der Waals surface area contributed by atoms with Crippen LogP contribution in [0.15, 0.2) is 51.8 Å². The number of hydrogen-bond acceptors (Lipinski definition) is 8. The molecule has 0 spiro atoms. The smallest absolute Gasteiger partial charge is 0.306 e. The molecule has 3 rings (SSSR count). The van der Waals surface area contributed by atoms with Crippen LogP contribution in [-0.4, -0.2) is 42.1 Å². The second kappa shape index (κ2) is 9.53. The predicted molar refractivity (Wildman–Crippen MR) is 111 cm³/mol. The van der Waals surface area contributed by atoms with Crippen LogP contribution in [0.4, 0.5) is 0 Å². The van der Waals surface area contributed by atoms with Crippen LogP contribution in [0, 0.1) is 0 Å². The lowest BCUT2D eigenvalue weighted by atomic mass is 10.1. The molecule has 1 N–H and O–H groups in total. The van der Waals surface area contributed by atoms with Crippen molar-refractivity contribution in [1.82, 2.24) is 13.5 Å². The lowest BCUT2D eigenvalue weighted by Gasteiger charge is -2.07. The Kier molecular flexibility index (Phi) is 7.06. The van der Waals surface area contributed by atoms with Crippen LogP contribution in [0.2, 0.25) is 0 Å². The van der Waals surface area contributed by atoms with Gasteiger partial charge in [0.25, 0.3) is 0 Å². The van der Waals surface area contributed by atoms with Gasteiger partial charge in [-0.25, -0.2) is 13.1 Å². The van der Waals surface area contributed by atoms with Gasteiger partial charge >= 0.3 is 5.97 Å². The number of carbonyl (C=O) groups excluding carboxylic acids is 2. The first-order chi connectivity index (χ1) is 13.9. The van der Waals surface area contributed by atoms with E-state index in [4.69, 9.17) is 4.74 Å². The summed E-state index contributed by atoms with van der Waals surface area (Å²) in [5.74, 6) is -0.878. The SMILES string of the molecule is O=C(CCCNS(=O)(=O)c1cccc2nsnc12)OCC(=O)c1ccc(Br)cc1. The molecule has 0 atom stereocenters. The molecule has 0 radical (unpaired) electrons. The second-order valence-electron chi connectivity index (χ2n) is 5.98. The van der Waals surface area contributed by atoms with Crippen molar-refractivity contribution in [3.63, 3.8) is 0 Å². The van der Waals surface area contributed by atoms with Crippen molar-refractivity contribution in [3.8, 4) is 0 Å². The summed E-state index contributed by atoms with van der Waals surface area (Å²) in [6, 6.07) is 11.4. The molecule has 11 heteroatoms. The molecule has 29 heavy (non-hydrogen) atoms. The molecule has 0 saturated heterocycles. The Bertz CT molecular complexity index is 1130. The zero-order chi connectivity index (χ0) is 20.9. The number of ether oxygens (including phenoxy) is 1. The van der Waals surface area contributed by atoms with Gasteiger partial charge in [-0.3, -0.25) is 9.59 Å². The van der Waals surface area contributed by atoms with Gasteiger partial charge in [-0.15, -0.1) is 0 Å². The van der Waals surface area contributed by atoms with Gasteiger partial charge in [0, 0.05) is 23.0 Å². The zero-order valence-electron chi connectivity index (χ0n) is 15.0. The van der Waals surface area contributed by atoms with Gasteiger partial charge in [0.15, 0.2) is 12.4 Å². The third-order valence-electron chi connectivity index (χ3n) is 3.92. The highest BCUT2D eigenvalue weighted by molar-refractivity contribution is 9.10. The second-order valence-corrected chi connectivity index (χ2v) is 9.16. The fourth-order valence-electron chi connectivity index (χ4n) is 2.45.